The van der Waals surface area contributed by atoms with E-state index in [4.69, 9.17) is 21.7 Å². The number of rotatable bonds is 2. The van der Waals surface area contributed by atoms with Gasteiger partial charge in [-0.1, -0.05) is 6.92 Å². The maximum absolute atomic E-state index is 6.29. The molecule has 2 bridgehead atoms. The molecule has 0 radical (unpaired) electrons. The van der Waals surface area contributed by atoms with Crippen molar-refractivity contribution in [3.05, 3.63) is 23.8 Å². The first kappa shape index (κ1) is 13.5. The first-order valence-corrected chi connectivity index (χ1v) is 7.38. The van der Waals surface area contributed by atoms with Crippen molar-refractivity contribution in [1.29, 1.82) is 0 Å². The molecule has 5 heteroatoms. The Morgan fingerprint density at radius 2 is 2.25 bits per heavy atom. The third-order valence-electron chi connectivity index (χ3n) is 4.54. The number of fused-ring (bicyclic) bond motifs is 4. The minimum absolute atomic E-state index is 0.183. The molecule has 0 spiro atoms. The quantitative estimate of drug-likeness (QED) is 0.848. The van der Waals surface area contributed by atoms with E-state index in [-0.39, 0.29) is 6.04 Å². The average Bonchev–Trinajstić information content (AvgIpc) is 2.41. The SMILES string of the molecule is CCOc1ccc2c(c1)OC1(C)C(C)C2NC(=S)N1C. The van der Waals surface area contributed by atoms with Crippen LogP contribution in [0.3, 0.4) is 0 Å². The molecule has 1 N–H and O–H groups in total. The minimum Gasteiger partial charge on any atom is -0.494 e. The summed E-state index contributed by atoms with van der Waals surface area (Å²) in [5.74, 6) is 2.01. The van der Waals surface area contributed by atoms with Crippen LogP contribution in [-0.4, -0.2) is 29.4 Å². The molecule has 4 nitrogen and oxygen atoms in total. The molecule has 0 aromatic heterocycles. The second kappa shape index (κ2) is 4.52. The lowest BCUT2D eigenvalue weighted by atomic mass is 9.81. The van der Waals surface area contributed by atoms with Gasteiger partial charge in [0.05, 0.1) is 12.6 Å². The standard InChI is InChI=1S/C15H20N2O2S/c1-5-18-10-6-7-11-12(8-10)19-15(3)9(2)13(11)16-14(20)17(15)4/h6-9,13H,5H2,1-4H3,(H,16,20). The average molecular weight is 292 g/mol. The van der Waals surface area contributed by atoms with Gasteiger partial charge in [0.1, 0.15) is 11.5 Å². The summed E-state index contributed by atoms with van der Waals surface area (Å²) < 4.78 is 11.9. The Kier molecular flexibility index (Phi) is 3.05. The van der Waals surface area contributed by atoms with Gasteiger partial charge < -0.3 is 19.7 Å². The maximum atomic E-state index is 6.29. The lowest BCUT2D eigenvalue weighted by Gasteiger charge is -2.55. The molecule has 0 amide bonds. The number of thiocarbonyl (C=S) groups is 1. The van der Waals surface area contributed by atoms with Crippen molar-refractivity contribution in [2.75, 3.05) is 13.7 Å². The van der Waals surface area contributed by atoms with Crippen molar-refractivity contribution < 1.29 is 9.47 Å². The molecule has 3 rings (SSSR count). The molecule has 108 valence electrons. The molecular formula is C15H20N2O2S. The van der Waals surface area contributed by atoms with E-state index in [1.165, 1.54) is 0 Å². The molecule has 1 aromatic carbocycles. The first-order valence-electron chi connectivity index (χ1n) is 6.97. The predicted octanol–water partition coefficient (Wildman–Crippen LogP) is 2.69. The number of hydrogen-bond acceptors (Lipinski definition) is 3. The largest absolute Gasteiger partial charge is 0.494 e. The van der Waals surface area contributed by atoms with Gasteiger partial charge in [0.25, 0.3) is 0 Å². The Labute approximate surface area is 125 Å². The molecule has 1 fully saturated rings. The molecule has 3 unspecified atom stereocenters. The van der Waals surface area contributed by atoms with Gasteiger partial charge in [-0.05, 0) is 38.2 Å². The van der Waals surface area contributed by atoms with Crippen LogP contribution in [0.4, 0.5) is 0 Å². The van der Waals surface area contributed by atoms with Crippen LogP contribution < -0.4 is 14.8 Å². The summed E-state index contributed by atoms with van der Waals surface area (Å²) in [7, 11) is 1.97. The Hall–Kier alpha value is -1.49. The third-order valence-corrected chi connectivity index (χ3v) is 4.93. The van der Waals surface area contributed by atoms with E-state index in [0.717, 1.165) is 22.2 Å². The van der Waals surface area contributed by atoms with Crippen LogP contribution in [0.1, 0.15) is 32.4 Å². The summed E-state index contributed by atoms with van der Waals surface area (Å²) in [6.45, 7) is 6.91. The summed E-state index contributed by atoms with van der Waals surface area (Å²) in [6, 6.07) is 6.22. The molecule has 3 atom stereocenters. The number of hydrogen-bond donors (Lipinski definition) is 1. The fraction of sp³-hybridized carbons (Fsp3) is 0.533. The van der Waals surface area contributed by atoms with Gasteiger partial charge in [-0.2, -0.15) is 0 Å². The molecule has 0 aliphatic carbocycles. The molecule has 1 aromatic rings. The van der Waals surface area contributed by atoms with Crippen molar-refractivity contribution in [2.24, 2.45) is 5.92 Å². The second-order valence-electron chi connectivity index (χ2n) is 5.56. The van der Waals surface area contributed by atoms with Crippen LogP contribution >= 0.6 is 12.2 Å². The van der Waals surface area contributed by atoms with E-state index < -0.39 is 5.72 Å². The molecular weight excluding hydrogens is 272 g/mol. The van der Waals surface area contributed by atoms with Crippen molar-refractivity contribution in [1.82, 2.24) is 10.2 Å². The van der Waals surface area contributed by atoms with Gasteiger partial charge >= 0.3 is 0 Å². The maximum Gasteiger partial charge on any atom is 0.186 e. The summed E-state index contributed by atoms with van der Waals surface area (Å²) in [5, 5.41) is 4.15. The van der Waals surface area contributed by atoms with Gasteiger partial charge in [-0.25, -0.2) is 0 Å². The number of nitrogens with zero attached hydrogens (tertiary/aromatic N) is 1. The lowest BCUT2D eigenvalue weighted by molar-refractivity contribution is -0.0999. The molecule has 2 aliphatic heterocycles. The third kappa shape index (κ3) is 1.76. The predicted molar refractivity (Wildman–Crippen MR) is 82.0 cm³/mol. The summed E-state index contributed by atoms with van der Waals surface area (Å²) in [5.41, 5.74) is 0.721. The van der Waals surface area contributed by atoms with E-state index in [1.54, 1.807) is 0 Å². The van der Waals surface area contributed by atoms with Crippen LogP contribution in [0.5, 0.6) is 11.5 Å². The van der Waals surface area contributed by atoms with E-state index in [0.29, 0.717) is 12.5 Å². The van der Waals surface area contributed by atoms with Gasteiger partial charge in [0, 0.05) is 24.6 Å². The zero-order valence-corrected chi connectivity index (χ0v) is 13.1. The van der Waals surface area contributed by atoms with Crippen LogP contribution in [0.2, 0.25) is 0 Å². The fourth-order valence-corrected chi connectivity index (χ4v) is 3.33. The highest BCUT2D eigenvalue weighted by Gasteiger charge is 2.51. The van der Waals surface area contributed by atoms with Crippen LogP contribution in [0.15, 0.2) is 18.2 Å². The van der Waals surface area contributed by atoms with Gasteiger partial charge in [-0.15, -0.1) is 0 Å². The van der Waals surface area contributed by atoms with E-state index in [2.05, 4.69) is 25.2 Å². The number of benzene rings is 1. The fourth-order valence-electron chi connectivity index (χ4n) is 3.02. The molecule has 20 heavy (non-hydrogen) atoms. The highest BCUT2D eigenvalue weighted by Crippen LogP contribution is 2.48. The molecule has 0 saturated carbocycles. The number of ether oxygens (including phenoxy) is 2. The highest BCUT2D eigenvalue weighted by molar-refractivity contribution is 7.80. The zero-order chi connectivity index (χ0) is 14.5. The minimum atomic E-state index is -0.426. The number of nitrogens with one attached hydrogen (secondary N) is 1. The van der Waals surface area contributed by atoms with Crippen molar-refractivity contribution in [3.63, 3.8) is 0 Å². The van der Waals surface area contributed by atoms with Gasteiger partial charge in [0.15, 0.2) is 10.8 Å². The Bertz CT molecular complexity index is 563. The first-order chi connectivity index (χ1) is 9.47. The summed E-state index contributed by atoms with van der Waals surface area (Å²) in [4.78, 5) is 2.00. The monoisotopic (exact) mass is 292 g/mol. The van der Waals surface area contributed by atoms with E-state index in [1.807, 2.05) is 31.0 Å². The highest BCUT2D eigenvalue weighted by atomic mass is 32.1. The second-order valence-corrected chi connectivity index (χ2v) is 5.95. The Morgan fingerprint density at radius 3 is 2.95 bits per heavy atom. The molecule has 2 heterocycles. The smallest absolute Gasteiger partial charge is 0.186 e. The molecule has 2 aliphatic rings. The van der Waals surface area contributed by atoms with Crippen molar-refractivity contribution in [2.45, 2.75) is 32.5 Å². The zero-order valence-electron chi connectivity index (χ0n) is 12.3. The summed E-state index contributed by atoms with van der Waals surface area (Å²) in [6.07, 6.45) is 0. The van der Waals surface area contributed by atoms with E-state index >= 15 is 0 Å². The normalized spacial score (nSPS) is 31.2. The van der Waals surface area contributed by atoms with Crippen LogP contribution in [-0.2, 0) is 0 Å². The van der Waals surface area contributed by atoms with Crippen LogP contribution in [0, 0.1) is 5.92 Å². The van der Waals surface area contributed by atoms with Gasteiger partial charge in [0.2, 0.25) is 0 Å². The van der Waals surface area contributed by atoms with Crippen molar-refractivity contribution in [3.8, 4) is 11.5 Å². The topological polar surface area (TPSA) is 33.7 Å². The van der Waals surface area contributed by atoms with Gasteiger partial charge in [-0.3, -0.25) is 0 Å². The molecule has 1 saturated heterocycles. The Balaban J connectivity index is 2.07. The Morgan fingerprint density at radius 1 is 1.50 bits per heavy atom. The lowest BCUT2D eigenvalue weighted by Crippen LogP contribution is -2.67. The van der Waals surface area contributed by atoms with Crippen LogP contribution in [0.25, 0.3) is 0 Å². The summed E-state index contributed by atoms with van der Waals surface area (Å²) >= 11 is 5.41. The van der Waals surface area contributed by atoms with E-state index in [9.17, 15) is 0 Å². The van der Waals surface area contributed by atoms with Crippen molar-refractivity contribution >= 4 is 17.3 Å².